The van der Waals surface area contributed by atoms with Crippen molar-refractivity contribution < 1.29 is 9.53 Å². The third-order valence-corrected chi connectivity index (χ3v) is 4.03. The number of anilines is 1. The summed E-state index contributed by atoms with van der Waals surface area (Å²) in [6.07, 6.45) is 0. The van der Waals surface area contributed by atoms with Gasteiger partial charge in [-0.1, -0.05) is 60.1 Å². The number of hydrogen-bond donors (Lipinski definition) is 1. The minimum atomic E-state index is -0.320. The quantitative estimate of drug-likeness (QED) is 0.702. The average molecular weight is 363 g/mol. The molecule has 26 heavy (non-hydrogen) atoms. The Bertz CT molecular complexity index is 965. The van der Waals surface area contributed by atoms with E-state index < -0.39 is 0 Å². The van der Waals surface area contributed by atoms with Crippen LogP contribution in [0.3, 0.4) is 0 Å². The molecule has 0 spiro atoms. The van der Waals surface area contributed by atoms with Crippen LogP contribution in [0, 0.1) is 11.3 Å². The van der Waals surface area contributed by atoms with E-state index in [4.69, 9.17) is 21.6 Å². The molecule has 0 saturated heterocycles. The van der Waals surface area contributed by atoms with Crippen molar-refractivity contribution in [3.05, 3.63) is 83.4 Å². The molecule has 4 nitrogen and oxygen atoms in total. The highest BCUT2D eigenvalue weighted by Crippen LogP contribution is 2.29. The van der Waals surface area contributed by atoms with Crippen LogP contribution >= 0.6 is 11.6 Å². The first-order chi connectivity index (χ1) is 12.7. The first kappa shape index (κ1) is 17.5. The predicted octanol–water partition coefficient (Wildman–Crippen LogP) is 4.90. The molecule has 0 aliphatic rings. The summed E-state index contributed by atoms with van der Waals surface area (Å²) < 4.78 is 5.70. The molecule has 0 aliphatic carbocycles. The number of rotatable bonds is 5. The minimum Gasteiger partial charge on any atom is -0.483 e. The molecular formula is C21H15ClN2O2. The van der Waals surface area contributed by atoms with E-state index in [1.807, 2.05) is 60.7 Å². The van der Waals surface area contributed by atoms with E-state index in [2.05, 4.69) is 5.32 Å². The summed E-state index contributed by atoms with van der Waals surface area (Å²) in [6.45, 7) is -0.144. The summed E-state index contributed by atoms with van der Waals surface area (Å²) in [5.41, 5.74) is 2.73. The number of hydrogen-bond acceptors (Lipinski definition) is 3. The highest BCUT2D eigenvalue weighted by atomic mass is 35.5. The van der Waals surface area contributed by atoms with E-state index in [0.29, 0.717) is 22.0 Å². The lowest BCUT2D eigenvalue weighted by Gasteiger charge is -2.12. The number of amides is 1. The van der Waals surface area contributed by atoms with E-state index in [1.54, 1.807) is 12.1 Å². The fourth-order valence-electron chi connectivity index (χ4n) is 2.48. The number of carbonyl (C=O) groups is 1. The second kappa shape index (κ2) is 8.19. The molecule has 3 aromatic carbocycles. The summed E-state index contributed by atoms with van der Waals surface area (Å²) in [4.78, 5) is 12.2. The molecule has 1 amide bonds. The third kappa shape index (κ3) is 4.21. The van der Waals surface area contributed by atoms with Crippen LogP contribution in [0.1, 0.15) is 5.56 Å². The van der Waals surface area contributed by atoms with E-state index in [1.165, 1.54) is 6.07 Å². The topological polar surface area (TPSA) is 62.1 Å². The highest BCUT2D eigenvalue weighted by Gasteiger charge is 2.09. The summed E-state index contributed by atoms with van der Waals surface area (Å²) in [5, 5.41) is 12.0. The largest absolute Gasteiger partial charge is 0.483 e. The second-order valence-corrected chi connectivity index (χ2v) is 5.91. The molecule has 0 heterocycles. The number of nitrogens with zero attached hydrogens (tertiary/aromatic N) is 1. The van der Waals surface area contributed by atoms with Crippen LogP contribution in [0.2, 0.25) is 5.02 Å². The van der Waals surface area contributed by atoms with Gasteiger partial charge in [0.25, 0.3) is 5.91 Å². The van der Waals surface area contributed by atoms with Crippen LogP contribution < -0.4 is 10.1 Å². The van der Waals surface area contributed by atoms with Gasteiger partial charge in [0, 0.05) is 11.3 Å². The normalized spacial score (nSPS) is 10.0. The first-order valence-corrected chi connectivity index (χ1v) is 8.32. The van der Waals surface area contributed by atoms with Crippen molar-refractivity contribution in [3.63, 3.8) is 0 Å². The zero-order chi connectivity index (χ0) is 18.4. The monoisotopic (exact) mass is 362 g/mol. The number of ether oxygens (including phenoxy) is 1. The molecule has 0 aliphatic heterocycles. The van der Waals surface area contributed by atoms with Crippen molar-refractivity contribution in [3.8, 4) is 22.9 Å². The number of nitrogens with one attached hydrogen (secondary N) is 1. The van der Waals surface area contributed by atoms with E-state index in [9.17, 15) is 4.79 Å². The van der Waals surface area contributed by atoms with Gasteiger partial charge in [-0.2, -0.15) is 5.26 Å². The van der Waals surface area contributed by atoms with Gasteiger partial charge in [0.1, 0.15) is 11.8 Å². The standard InChI is InChI=1S/C21H15ClN2O2/c22-19-11-10-17(12-16(19)13-23)24-21(25)14-26-20-9-5-4-8-18(20)15-6-2-1-3-7-15/h1-12H,14H2,(H,24,25). The Morgan fingerprint density at radius 3 is 2.54 bits per heavy atom. The van der Waals surface area contributed by atoms with E-state index in [-0.39, 0.29) is 12.5 Å². The SMILES string of the molecule is N#Cc1cc(NC(=O)COc2ccccc2-c2ccccc2)ccc1Cl. The Labute approximate surface area is 156 Å². The van der Waals surface area contributed by atoms with Gasteiger partial charge in [-0.05, 0) is 29.8 Å². The van der Waals surface area contributed by atoms with E-state index in [0.717, 1.165) is 11.1 Å². The smallest absolute Gasteiger partial charge is 0.262 e. The van der Waals surface area contributed by atoms with Gasteiger partial charge >= 0.3 is 0 Å². The molecule has 5 heteroatoms. The summed E-state index contributed by atoms with van der Waals surface area (Å²) in [6, 6.07) is 24.1. The van der Waals surface area contributed by atoms with Crippen LogP contribution in [0.15, 0.2) is 72.8 Å². The van der Waals surface area contributed by atoms with Gasteiger partial charge < -0.3 is 10.1 Å². The number of benzene rings is 3. The number of halogens is 1. The molecule has 0 aromatic heterocycles. The van der Waals surface area contributed by atoms with Crippen LogP contribution in [0.5, 0.6) is 5.75 Å². The third-order valence-electron chi connectivity index (χ3n) is 3.70. The number of carbonyl (C=O) groups excluding carboxylic acids is 1. The summed E-state index contributed by atoms with van der Waals surface area (Å²) >= 11 is 5.89. The maximum absolute atomic E-state index is 12.2. The van der Waals surface area contributed by atoms with Gasteiger partial charge in [-0.25, -0.2) is 0 Å². The van der Waals surface area contributed by atoms with Crippen molar-refractivity contribution >= 4 is 23.2 Å². The van der Waals surface area contributed by atoms with Gasteiger partial charge in [0.05, 0.1) is 10.6 Å². The lowest BCUT2D eigenvalue weighted by atomic mass is 10.1. The Hall–Kier alpha value is -3.29. The lowest BCUT2D eigenvalue weighted by Crippen LogP contribution is -2.20. The second-order valence-electron chi connectivity index (χ2n) is 5.51. The fourth-order valence-corrected chi connectivity index (χ4v) is 2.64. The Kier molecular flexibility index (Phi) is 5.52. The zero-order valence-electron chi connectivity index (χ0n) is 13.8. The minimum absolute atomic E-state index is 0.144. The van der Waals surface area contributed by atoms with Crippen LogP contribution in [0.4, 0.5) is 5.69 Å². The Balaban J connectivity index is 1.68. The van der Waals surface area contributed by atoms with Crippen molar-refractivity contribution in [1.29, 1.82) is 5.26 Å². The molecule has 1 N–H and O–H groups in total. The molecule has 0 fully saturated rings. The molecule has 128 valence electrons. The highest BCUT2D eigenvalue weighted by molar-refractivity contribution is 6.31. The maximum atomic E-state index is 12.2. The molecule has 0 unspecified atom stereocenters. The maximum Gasteiger partial charge on any atom is 0.262 e. The Morgan fingerprint density at radius 2 is 1.77 bits per heavy atom. The summed E-state index contributed by atoms with van der Waals surface area (Å²) in [5.74, 6) is 0.307. The molecular weight excluding hydrogens is 348 g/mol. The number of para-hydroxylation sites is 1. The van der Waals surface area contributed by atoms with Crippen molar-refractivity contribution in [1.82, 2.24) is 0 Å². The van der Waals surface area contributed by atoms with Gasteiger partial charge in [0.15, 0.2) is 6.61 Å². The first-order valence-electron chi connectivity index (χ1n) is 7.94. The van der Waals surface area contributed by atoms with Crippen LogP contribution in [0.25, 0.3) is 11.1 Å². The average Bonchev–Trinajstić information content (AvgIpc) is 2.69. The van der Waals surface area contributed by atoms with E-state index >= 15 is 0 Å². The molecule has 0 radical (unpaired) electrons. The molecule has 0 bridgehead atoms. The molecule has 0 atom stereocenters. The molecule has 0 saturated carbocycles. The van der Waals surface area contributed by atoms with Gasteiger partial charge in [0.2, 0.25) is 0 Å². The lowest BCUT2D eigenvalue weighted by molar-refractivity contribution is -0.118. The van der Waals surface area contributed by atoms with Crippen molar-refractivity contribution in [2.45, 2.75) is 0 Å². The van der Waals surface area contributed by atoms with Crippen molar-refractivity contribution in [2.75, 3.05) is 11.9 Å². The number of nitriles is 1. The fraction of sp³-hybridized carbons (Fsp3) is 0.0476. The zero-order valence-corrected chi connectivity index (χ0v) is 14.5. The predicted molar refractivity (Wildman–Crippen MR) is 102 cm³/mol. The Morgan fingerprint density at radius 1 is 1.04 bits per heavy atom. The van der Waals surface area contributed by atoms with Crippen LogP contribution in [-0.2, 0) is 4.79 Å². The molecule has 3 rings (SSSR count). The van der Waals surface area contributed by atoms with Crippen LogP contribution in [-0.4, -0.2) is 12.5 Å². The van der Waals surface area contributed by atoms with Gasteiger partial charge in [-0.15, -0.1) is 0 Å². The molecule has 3 aromatic rings. The summed E-state index contributed by atoms with van der Waals surface area (Å²) in [7, 11) is 0. The van der Waals surface area contributed by atoms with Crippen molar-refractivity contribution in [2.24, 2.45) is 0 Å². The van der Waals surface area contributed by atoms with Gasteiger partial charge in [-0.3, -0.25) is 4.79 Å².